The van der Waals surface area contributed by atoms with E-state index in [1.54, 1.807) is 6.07 Å². The number of benzene rings is 1. The van der Waals surface area contributed by atoms with E-state index < -0.39 is 0 Å². The molecule has 0 spiro atoms. The highest BCUT2D eigenvalue weighted by Gasteiger charge is 2.21. The first-order chi connectivity index (χ1) is 8.22. The van der Waals surface area contributed by atoms with Gasteiger partial charge in [0.25, 0.3) is 0 Å². The largest absolute Gasteiger partial charge is 0.394 e. The van der Waals surface area contributed by atoms with Crippen LogP contribution >= 0.6 is 28.3 Å². The highest BCUT2D eigenvalue weighted by molar-refractivity contribution is 9.10. The molecule has 0 bridgehead atoms. The number of nitrogens with one attached hydrogen (secondary N) is 1. The number of rotatable bonds is 3. The fourth-order valence-electron chi connectivity index (χ4n) is 2.15. The lowest BCUT2D eigenvalue weighted by atomic mass is 10.1. The van der Waals surface area contributed by atoms with Crippen molar-refractivity contribution in [2.24, 2.45) is 0 Å². The Labute approximate surface area is 121 Å². The SMILES string of the molecule is Cl.OC[C@H](c1ccc(Br)c(F)c1)N1CCNCC1. The Bertz CT molecular complexity index is 388. The normalized spacial score (nSPS) is 18.2. The van der Waals surface area contributed by atoms with Gasteiger partial charge < -0.3 is 10.4 Å². The van der Waals surface area contributed by atoms with Crippen LogP contribution in [0.1, 0.15) is 11.6 Å². The fourth-order valence-corrected chi connectivity index (χ4v) is 2.39. The lowest BCUT2D eigenvalue weighted by Crippen LogP contribution is -2.46. The van der Waals surface area contributed by atoms with Crippen LogP contribution in [0.5, 0.6) is 0 Å². The van der Waals surface area contributed by atoms with Crippen LogP contribution in [0.2, 0.25) is 0 Å². The van der Waals surface area contributed by atoms with Gasteiger partial charge in [0.05, 0.1) is 17.1 Å². The molecule has 1 heterocycles. The third-order valence-corrected chi connectivity index (χ3v) is 3.74. The molecule has 0 aromatic heterocycles. The average molecular weight is 340 g/mol. The smallest absolute Gasteiger partial charge is 0.137 e. The summed E-state index contributed by atoms with van der Waals surface area (Å²) >= 11 is 3.14. The van der Waals surface area contributed by atoms with Gasteiger partial charge in [-0.05, 0) is 33.6 Å². The Balaban J connectivity index is 0.00000162. The molecule has 1 aliphatic heterocycles. The van der Waals surface area contributed by atoms with Crippen LogP contribution in [0.3, 0.4) is 0 Å². The van der Waals surface area contributed by atoms with Crippen LogP contribution in [0, 0.1) is 5.82 Å². The van der Waals surface area contributed by atoms with Gasteiger partial charge in [-0.3, -0.25) is 4.90 Å². The second-order valence-electron chi connectivity index (χ2n) is 4.16. The van der Waals surface area contributed by atoms with Crippen molar-refractivity contribution in [3.63, 3.8) is 0 Å². The first kappa shape index (κ1) is 15.9. The third-order valence-electron chi connectivity index (χ3n) is 3.09. The zero-order chi connectivity index (χ0) is 12.3. The minimum atomic E-state index is -0.281. The second-order valence-corrected chi connectivity index (χ2v) is 5.01. The Morgan fingerprint density at radius 2 is 2.06 bits per heavy atom. The van der Waals surface area contributed by atoms with E-state index in [0.29, 0.717) is 4.47 Å². The van der Waals surface area contributed by atoms with Crippen LogP contribution in [0.25, 0.3) is 0 Å². The Morgan fingerprint density at radius 1 is 1.39 bits per heavy atom. The van der Waals surface area contributed by atoms with Crippen molar-refractivity contribution in [2.45, 2.75) is 6.04 Å². The van der Waals surface area contributed by atoms with E-state index in [4.69, 9.17) is 0 Å². The van der Waals surface area contributed by atoms with E-state index in [0.717, 1.165) is 31.7 Å². The number of hydrogen-bond donors (Lipinski definition) is 2. The molecule has 0 radical (unpaired) electrons. The number of aliphatic hydroxyl groups is 1. The summed E-state index contributed by atoms with van der Waals surface area (Å²) in [5.74, 6) is -0.281. The summed E-state index contributed by atoms with van der Waals surface area (Å²) in [6.45, 7) is 3.60. The summed E-state index contributed by atoms with van der Waals surface area (Å²) in [4.78, 5) is 2.18. The first-order valence-electron chi connectivity index (χ1n) is 5.73. The molecule has 1 aromatic rings. The van der Waals surface area contributed by atoms with Gasteiger partial charge in [-0.2, -0.15) is 0 Å². The summed E-state index contributed by atoms with van der Waals surface area (Å²) < 4.78 is 13.9. The standard InChI is InChI=1S/C12H16BrFN2O.ClH/c13-10-2-1-9(7-11(10)14)12(8-17)16-5-3-15-4-6-16;/h1-2,7,12,15,17H,3-6,8H2;1H/t12-;/m1./s1. The maximum atomic E-state index is 13.5. The highest BCUT2D eigenvalue weighted by Crippen LogP contribution is 2.24. The van der Waals surface area contributed by atoms with Crippen molar-refractivity contribution in [3.05, 3.63) is 34.1 Å². The zero-order valence-electron chi connectivity index (χ0n) is 9.90. The molecule has 1 aliphatic rings. The topological polar surface area (TPSA) is 35.5 Å². The molecule has 1 saturated heterocycles. The van der Waals surface area contributed by atoms with E-state index >= 15 is 0 Å². The molecular weight excluding hydrogens is 323 g/mol. The molecule has 0 unspecified atom stereocenters. The Hall–Kier alpha value is -0.200. The van der Waals surface area contributed by atoms with Gasteiger partial charge in [-0.1, -0.05) is 6.07 Å². The van der Waals surface area contributed by atoms with Gasteiger partial charge in [-0.25, -0.2) is 4.39 Å². The van der Waals surface area contributed by atoms with Crippen molar-refractivity contribution in [1.29, 1.82) is 0 Å². The van der Waals surface area contributed by atoms with E-state index in [2.05, 4.69) is 26.1 Å². The van der Waals surface area contributed by atoms with Gasteiger partial charge in [0, 0.05) is 26.2 Å². The quantitative estimate of drug-likeness (QED) is 0.883. The number of piperazine rings is 1. The molecule has 102 valence electrons. The summed E-state index contributed by atoms with van der Waals surface area (Å²) in [5.41, 5.74) is 0.829. The average Bonchev–Trinajstić information content (AvgIpc) is 2.36. The molecule has 0 aliphatic carbocycles. The minimum Gasteiger partial charge on any atom is -0.394 e. The van der Waals surface area contributed by atoms with Crippen molar-refractivity contribution >= 4 is 28.3 Å². The van der Waals surface area contributed by atoms with Crippen LogP contribution in [-0.4, -0.2) is 42.8 Å². The van der Waals surface area contributed by atoms with E-state index in [-0.39, 0.29) is 30.9 Å². The molecule has 6 heteroatoms. The first-order valence-corrected chi connectivity index (χ1v) is 6.52. The van der Waals surface area contributed by atoms with Crippen molar-refractivity contribution < 1.29 is 9.50 Å². The predicted octanol–water partition coefficient (Wildman–Crippen LogP) is 1.95. The number of halogens is 3. The second kappa shape index (κ2) is 7.40. The highest BCUT2D eigenvalue weighted by atomic mass is 79.9. The van der Waals surface area contributed by atoms with Crippen LogP contribution in [0.4, 0.5) is 4.39 Å². The van der Waals surface area contributed by atoms with Crippen molar-refractivity contribution in [2.75, 3.05) is 32.8 Å². The predicted molar refractivity (Wildman–Crippen MR) is 75.6 cm³/mol. The van der Waals surface area contributed by atoms with Gasteiger partial charge in [0.15, 0.2) is 0 Å². The fraction of sp³-hybridized carbons (Fsp3) is 0.500. The molecule has 2 rings (SSSR count). The summed E-state index contributed by atoms with van der Waals surface area (Å²) in [6.07, 6.45) is 0. The van der Waals surface area contributed by atoms with Crippen LogP contribution < -0.4 is 5.32 Å². The monoisotopic (exact) mass is 338 g/mol. The van der Waals surface area contributed by atoms with E-state index in [1.165, 1.54) is 6.07 Å². The number of aliphatic hydroxyl groups excluding tert-OH is 1. The van der Waals surface area contributed by atoms with Crippen LogP contribution in [-0.2, 0) is 0 Å². The molecule has 1 atom stereocenters. The van der Waals surface area contributed by atoms with Gasteiger partial charge in [-0.15, -0.1) is 12.4 Å². The number of hydrogen-bond acceptors (Lipinski definition) is 3. The van der Waals surface area contributed by atoms with Gasteiger partial charge in [0.2, 0.25) is 0 Å². The zero-order valence-corrected chi connectivity index (χ0v) is 12.3. The molecule has 0 amide bonds. The molecule has 1 fully saturated rings. The molecule has 3 nitrogen and oxygen atoms in total. The Morgan fingerprint density at radius 3 is 2.61 bits per heavy atom. The van der Waals surface area contributed by atoms with Gasteiger partial charge >= 0.3 is 0 Å². The Kier molecular flexibility index (Phi) is 6.52. The lowest BCUT2D eigenvalue weighted by molar-refractivity contribution is 0.110. The third kappa shape index (κ3) is 3.65. The summed E-state index contributed by atoms with van der Waals surface area (Å²) in [7, 11) is 0. The molecule has 18 heavy (non-hydrogen) atoms. The van der Waals surface area contributed by atoms with E-state index in [1.807, 2.05) is 6.07 Å². The molecule has 2 N–H and O–H groups in total. The molecule has 0 saturated carbocycles. The molecular formula is C12H17BrClFN2O. The molecule has 1 aromatic carbocycles. The maximum Gasteiger partial charge on any atom is 0.137 e. The minimum absolute atomic E-state index is 0. The number of nitrogens with zero attached hydrogens (tertiary/aromatic N) is 1. The van der Waals surface area contributed by atoms with Crippen molar-refractivity contribution in [1.82, 2.24) is 10.2 Å². The summed E-state index contributed by atoms with van der Waals surface area (Å²) in [5, 5.41) is 12.8. The lowest BCUT2D eigenvalue weighted by Gasteiger charge is -2.34. The van der Waals surface area contributed by atoms with Crippen molar-refractivity contribution in [3.8, 4) is 0 Å². The van der Waals surface area contributed by atoms with Gasteiger partial charge in [0.1, 0.15) is 5.82 Å². The summed E-state index contributed by atoms with van der Waals surface area (Å²) in [6, 6.07) is 4.93. The maximum absolute atomic E-state index is 13.5. The van der Waals surface area contributed by atoms with Crippen LogP contribution in [0.15, 0.2) is 22.7 Å². The van der Waals surface area contributed by atoms with E-state index in [9.17, 15) is 9.50 Å².